The average Bonchev–Trinajstić information content (AvgIpc) is 2.41. The van der Waals surface area contributed by atoms with Gasteiger partial charge in [-0.2, -0.15) is 12.6 Å². The SMILES string of the molecule is N=C(C(=O)CC(N)C(=O)O)C(=O)C(=O)NCC(O)CS. The first-order valence-electron chi connectivity index (χ1n) is 5.42. The van der Waals surface area contributed by atoms with Gasteiger partial charge in [-0.3, -0.25) is 24.6 Å². The summed E-state index contributed by atoms with van der Waals surface area (Å²) in [6.45, 7) is -0.260. The smallest absolute Gasteiger partial charge is 0.320 e. The maximum Gasteiger partial charge on any atom is 0.320 e. The minimum absolute atomic E-state index is 0.0539. The molecule has 10 heteroatoms. The van der Waals surface area contributed by atoms with E-state index in [9.17, 15) is 19.2 Å². The molecule has 0 aromatic carbocycles. The van der Waals surface area contributed by atoms with Gasteiger partial charge in [0.25, 0.3) is 11.7 Å². The number of carboxylic acids is 1. The zero-order valence-electron chi connectivity index (χ0n) is 10.3. The maximum absolute atomic E-state index is 11.4. The van der Waals surface area contributed by atoms with Crippen LogP contribution in [0.25, 0.3) is 0 Å². The number of aliphatic hydroxyl groups excluding tert-OH is 1. The molecular formula is C10H15N3O6S. The van der Waals surface area contributed by atoms with Crippen LogP contribution in [0.15, 0.2) is 0 Å². The second-order valence-corrected chi connectivity index (χ2v) is 4.19. The van der Waals surface area contributed by atoms with Gasteiger partial charge < -0.3 is 21.3 Å². The molecule has 0 fully saturated rings. The molecule has 0 saturated carbocycles. The van der Waals surface area contributed by atoms with Crippen LogP contribution in [0.3, 0.4) is 0 Å². The molecule has 0 saturated heterocycles. The molecule has 0 aromatic rings. The monoisotopic (exact) mass is 305 g/mol. The minimum atomic E-state index is -1.55. The van der Waals surface area contributed by atoms with E-state index >= 15 is 0 Å². The summed E-state index contributed by atoms with van der Waals surface area (Å²) in [7, 11) is 0. The molecule has 0 spiro atoms. The van der Waals surface area contributed by atoms with Crippen molar-refractivity contribution in [2.24, 2.45) is 5.73 Å². The molecule has 0 aliphatic heterocycles. The number of hydrogen-bond acceptors (Lipinski definition) is 8. The fraction of sp³-hybridized carbons (Fsp3) is 0.500. The van der Waals surface area contributed by atoms with Gasteiger partial charge in [0.05, 0.1) is 6.10 Å². The van der Waals surface area contributed by atoms with Crippen LogP contribution >= 0.6 is 12.6 Å². The lowest BCUT2D eigenvalue weighted by Gasteiger charge is -2.09. The summed E-state index contributed by atoms with van der Waals surface area (Å²) in [5.41, 5.74) is 3.92. The van der Waals surface area contributed by atoms with Gasteiger partial charge in [-0.25, -0.2) is 0 Å². The summed E-state index contributed by atoms with van der Waals surface area (Å²) in [4.78, 5) is 44.5. The average molecular weight is 305 g/mol. The largest absolute Gasteiger partial charge is 0.480 e. The molecule has 2 atom stereocenters. The number of rotatable bonds is 9. The maximum atomic E-state index is 11.4. The Morgan fingerprint density at radius 3 is 2.30 bits per heavy atom. The fourth-order valence-electron chi connectivity index (χ4n) is 0.985. The molecule has 0 heterocycles. The van der Waals surface area contributed by atoms with E-state index in [1.807, 2.05) is 5.32 Å². The topological polar surface area (TPSA) is 171 Å². The third-order valence-electron chi connectivity index (χ3n) is 2.14. The van der Waals surface area contributed by atoms with E-state index in [2.05, 4.69) is 12.6 Å². The van der Waals surface area contributed by atoms with Crippen LogP contribution in [-0.2, 0) is 19.2 Å². The molecule has 0 aliphatic rings. The molecule has 0 aliphatic carbocycles. The highest BCUT2D eigenvalue weighted by Gasteiger charge is 2.27. The van der Waals surface area contributed by atoms with Crippen molar-refractivity contribution >= 4 is 41.8 Å². The number of nitrogens with two attached hydrogens (primary N) is 1. The van der Waals surface area contributed by atoms with Crippen LogP contribution in [0, 0.1) is 5.41 Å². The Bertz CT molecular complexity index is 439. The van der Waals surface area contributed by atoms with E-state index in [0.717, 1.165) is 0 Å². The lowest BCUT2D eigenvalue weighted by atomic mass is 10.0. The van der Waals surface area contributed by atoms with Crippen molar-refractivity contribution in [1.29, 1.82) is 5.41 Å². The number of carboxylic acid groups (broad SMARTS) is 1. The van der Waals surface area contributed by atoms with Gasteiger partial charge in [0, 0.05) is 18.7 Å². The van der Waals surface area contributed by atoms with Crippen molar-refractivity contribution < 1.29 is 29.4 Å². The highest BCUT2D eigenvalue weighted by molar-refractivity contribution is 7.80. The lowest BCUT2D eigenvalue weighted by Crippen LogP contribution is -2.43. The second-order valence-electron chi connectivity index (χ2n) is 3.82. The van der Waals surface area contributed by atoms with Crippen molar-refractivity contribution in [1.82, 2.24) is 5.32 Å². The molecule has 2 unspecified atom stereocenters. The fourth-order valence-corrected chi connectivity index (χ4v) is 1.11. The number of thiol groups is 1. The summed E-state index contributed by atoms with van der Waals surface area (Å²) in [6.07, 6.45) is -1.73. The number of carbonyl (C=O) groups excluding carboxylic acids is 3. The highest BCUT2D eigenvalue weighted by Crippen LogP contribution is 1.94. The Morgan fingerprint density at radius 2 is 1.85 bits per heavy atom. The molecule has 0 aromatic heterocycles. The van der Waals surface area contributed by atoms with Gasteiger partial charge in [-0.1, -0.05) is 0 Å². The quantitative estimate of drug-likeness (QED) is 0.117. The Balaban J connectivity index is 4.46. The zero-order valence-corrected chi connectivity index (χ0v) is 11.2. The van der Waals surface area contributed by atoms with Crippen molar-refractivity contribution in [2.75, 3.05) is 12.3 Å². The molecule has 20 heavy (non-hydrogen) atoms. The van der Waals surface area contributed by atoms with Crippen molar-refractivity contribution in [2.45, 2.75) is 18.6 Å². The summed E-state index contributed by atoms with van der Waals surface area (Å²) < 4.78 is 0. The van der Waals surface area contributed by atoms with E-state index < -0.39 is 47.7 Å². The van der Waals surface area contributed by atoms with Gasteiger partial charge in [0.1, 0.15) is 6.04 Å². The first kappa shape index (κ1) is 18.2. The molecule has 6 N–H and O–H groups in total. The number of hydrogen-bond donors (Lipinski definition) is 6. The Kier molecular flexibility index (Phi) is 7.65. The summed E-state index contributed by atoms with van der Waals surface area (Å²) in [5, 5.41) is 26.8. The summed E-state index contributed by atoms with van der Waals surface area (Å²) >= 11 is 3.75. The van der Waals surface area contributed by atoms with Crippen LogP contribution in [0.4, 0.5) is 0 Å². The lowest BCUT2D eigenvalue weighted by molar-refractivity contribution is -0.139. The van der Waals surface area contributed by atoms with Gasteiger partial charge in [0.2, 0.25) is 0 Å². The Morgan fingerprint density at radius 1 is 1.30 bits per heavy atom. The number of carbonyl (C=O) groups is 4. The van der Waals surface area contributed by atoms with E-state index in [4.69, 9.17) is 21.4 Å². The van der Waals surface area contributed by atoms with Gasteiger partial charge in [0.15, 0.2) is 11.5 Å². The molecule has 9 nitrogen and oxygen atoms in total. The van der Waals surface area contributed by atoms with E-state index in [1.165, 1.54) is 0 Å². The first-order chi connectivity index (χ1) is 9.20. The third kappa shape index (κ3) is 5.91. The van der Waals surface area contributed by atoms with Crippen molar-refractivity contribution in [3.05, 3.63) is 0 Å². The minimum Gasteiger partial charge on any atom is -0.480 e. The number of ketones is 2. The van der Waals surface area contributed by atoms with Gasteiger partial charge in [-0.15, -0.1) is 0 Å². The summed E-state index contributed by atoms with van der Waals surface area (Å²) in [6, 6.07) is -1.55. The second kappa shape index (κ2) is 8.40. The van der Waals surface area contributed by atoms with E-state index in [-0.39, 0.29) is 12.3 Å². The van der Waals surface area contributed by atoms with Crippen molar-refractivity contribution in [3.63, 3.8) is 0 Å². The molecular weight excluding hydrogens is 290 g/mol. The van der Waals surface area contributed by atoms with Crippen LogP contribution in [0.5, 0.6) is 0 Å². The first-order valence-corrected chi connectivity index (χ1v) is 6.05. The predicted octanol–water partition coefficient (Wildman–Crippen LogP) is -2.65. The number of aliphatic carboxylic acids is 1. The van der Waals surface area contributed by atoms with E-state index in [1.54, 1.807) is 0 Å². The standard InChI is InChI=1S/C10H15N3O6S/c11-5(10(18)19)1-6(15)7(12)8(16)9(17)13-2-4(14)3-20/h4-5,12,14,20H,1-3,11H2,(H,13,17)(H,18,19). The number of nitrogens with one attached hydrogen (secondary N) is 2. The van der Waals surface area contributed by atoms with Crippen LogP contribution in [0.2, 0.25) is 0 Å². The Labute approximate surface area is 119 Å². The van der Waals surface area contributed by atoms with Gasteiger partial charge >= 0.3 is 5.97 Å². The van der Waals surface area contributed by atoms with Crippen LogP contribution in [0.1, 0.15) is 6.42 Å². The van der Waals surface area contributed by atoms with Crippen LogP contribution in [-0.4, -0.2) is 63.8 Å². The number of aliphatic hydroxyl groups is 1. The normalized spacial score (nSPS) is 13.2. The van der Waals surface area contributed by atoms with Gasteiger partial charge in [-0.05, 0) is 0 Å². The molecule has 112 valence electrons. The summed E-state index contributed by atoms with van der Waals surface area (Å²) in [5.74, 6) is -5.21. The molecule has 0 rings (SSSR count). The third-order valence-corrected chi connectivity index (χ3v) is 2.57. The molecule has 0 bridgehead atoms. The number of Topliss-reactive ketones (excluding diaryl/α,β-unsaturated/α-hetero) is 2. The number of amides is 1. The van der Waals surface area contributed by atoms with Crippen LogP contribution < -0.4 is 11.1 Å². The zero-order chi connectivity index (χ0) is 15.9. The van der Waals surface area contributed by atoms with E-state index in [0.29, 0.717) is 0 Å². The molecule has 0 radical (unpaired) electrons. The predicted molar refractivity (Wildman–Crippen MR) is 70.8 cm³/mol. The Hall–Kier alpha value is -1.78. The highest BCUT2D eigenvalue weighted by atomic mass is 32.1. The molecule has 1 amide bonds. The van der Waals surface area contributed by atoms with Crippen molar-refractivity contribution in [3.8, 4) is 0 Å².